The summed E-state index contributed by atoms with van der Waals surface area (Å²) in [6.45, 7) is 2.27. The van der Waals surface area contributed by atoms with E-state index in [4.69, 9.17) is 16.2 Å². The number of halogens is 1. The van der Waals surface area contributed by atoms with E-state index >= 15 is 0 Å². The van der Waals surface area contributed by atoms with Crippen LogP contribution in [0.5, 0.6) is 0 Å². The SMILES string of the molecule is Cl.N=C(N)N(Cc1ccccc1)N=C(c1ccc(C=O)cc1)N1CCCC1. The number of hydrazone groups is 1. The minimum Gasteiger partial charge on any atom is -0.369 e. The number of carbonyl (C=O) groups is 1. The maximum absolute atomic E-state index is 10.9. The summed E-state index contributed by atoms with van der Waals surface area (Å²) < 4.78 is 0. The van der Waals surface area contributed by atoms with Gasteiger partial charge in [0.1, 0.15) is 6.29 Å². The predicted octanol–water partition coefficient (Wildman–Crippen LogP) is 3.07. The highest BCUT2D eigenvalue weighted by Gasteiger charge is 2.20. The Labute approximate surface area is 165 Å². The minimum absolute atomic E-state index is 0. The van der Waals surface area contributed by atoms with Crippen molar-refractivity contribution in [1.29, 1.82) is 5.41 Å². The molecule has 0 radical (unpaired) electrons. The van der Waals surface area contributed by atoms with Gasteiger partial charge in [-0.2, -0.15) is 5.10 Å². The van der Waals surface area contributed by atoms with Crippen LogP contribution in [0, 0.1) is 5.41 Å². The van der Waals surface area contributed by atoms with Gasteiger partial charge in [-0.1, -0.05) is 54.6 Å². The van der Waals surface area contributed by atoms with Crippen LogP contribution in [0.4, 0.5) is 0 Å². The number of nitrogens with two attached hydrogens (primary N) is 1. The van der Waals surface area contributed by atoms with Gasteiger partial charge in [0, 0.05) is 24.2 Å². The lowest BCUT2D eigenvalue weighted by atomic mass is 10.1. The fourth-order valence-corrected chi connectivity index (χ4v) is 2.99. The molecule has 6 nitrogen and oxygen atoms in total. The summed E-state index contributed by atoms with van der Waals surface area (Å²) >= 11 is 0. The van der Waals surface area contributed by atoms with Gasteiger partial charge in [0.05, 0.1) is 6.54 Å². The minimum atomic E-state index is -0.102. The van der Waals surface area contributed by atoms with Crippen molar-refractivity contribution in [3.63, 3.8) is 0 Å². The van der Waals surface area contributed by atoms with E-state index in [1.165, 1.54) is 5.01 Å². The fraction of sp³-hybridized carbons (Fsp3) is 0.250. The van der Waals surface area contributed by atoms with Gasteiger partial charge in [0.2, 0.25) is 5.96 Å². The summed E-state index contributed by atoms with van der Waals surface area (Å²) in [4.78, 5) is 13.1. The van der Waals surface area contributed by atoms with Gasteiger partial charge in [0.25, 0.3) is 0 Å². The van der Waals surface area contributed by atoms with Crippen LogP contribution in [0.2, 0.25) is 0 Å². The van der Waals surface area contributed by atoms with E-state index < -0.39 is 0 Å². The first-order valence-electron chi connectivity index (χ1n) is 8.72. The number of hydrogen-bond donors (Lipinski definition) is 2. The van der Waals surface area contributed by atoms with Crippen LogP contribution in [0.3, 0.4) is 0 Å². The number of nitrogens with zero attached hydrogens (tertiary/aromatic N) is 3. The maximum atomic E-state index is 10.9. The molecule has 27 heavy (non-hydrogen) atoms. The number of nitrogens with one attached hydrogen (secondary N) is 1. The molecule has 142 valence electrons. The standard InChI is InChI=1S/C20H23N5O.ClH/c21-20(22)25(14-16-6-2-1-3-7-16)23-19(24-12-4-5-13-24)18-10-8-17(15-26)9-11-18;/h1-3,6-11,15H,4-5,12-14H2,(H3,21,22);1H. The lowest BCUT2D eigenvalue weighted by Gasteiger charge is -2.25. The van der Waals surface area contributed by atoms with Crippen molar-refractivity contribution in [1.82, 2.24) is 9.91 Å². The molecule has 0 unspecified atom stereocenters. The molecule has 3 rings (SSSR count). The topological polar surface area (TPSA) is 85.8 Å². The van der Waals surface area contributed by atoms with Crippen molar-refractivity contribution in [3.05, 3.63) is 71.3 Å². The highest BCUT2D eigenvalue weighted by molar-refractivity contribution is 6.00. The number of hydrogen-bond acceptors (Lipinski definition) is 3. The Kier molecular flexibility index (Phi) is 7.37. The molecule has 0 aliphatic carbocycles. The summed E-state index contributed by atoms with van der Waals surface area (Å²) in [5.74, 6) is 0.682. The van der Waals surface area contributed by atoms with Crippen molar-refractivity contribution in [2.24, 2.45) is 10.8 Å². The Morgan fingerprint density at radius 3 is 2.30 bits per heavy atom. The summed E-state index contributed by atoms with van der Waals surface area (Å²) in [5, 5.41) is 14.2. The third kappa shape index (κ3) is 5.31. The van der Waals surface area contributed by atoms with Gasteiger partial charge < -0.3 is 10.6 Å². The zero-order valence-electron chi connectivity index (χ0n) is 15.0. The zero-order valence-corrected chi connectivity index (χ0v) is 15.9. The van der Waals surface area contributed by atoms with Crippen LogP contribution >= 0.6 is 12.4 Å². The highest BCUT2D eigenvalue weighted by atomic mass is 35.5. The van der Waals surface area contributed by atoms with E-state index in [0.717, 1.165) is 49.2 Å². The van der Waals surface area contributed by atoms with Crippen LogP contribution in [-0.4, -0.2) is 41.1 Å². The van der Waals surface area contributed by atoms with Gasteiger partial charge in [-0.05, 0) is 18.4 Å². The van der Waals surface area contributed by atoms with Crippen LogP contribution in [-0.2, 0) is 6.54 Å². The van der Waals surface area contributed by atoms with E-state index in [1.807, 2.05) is 42.5 Å². The van der Waals surface area contributed by atoms with E-state index in [1.54, 1.807) is 12.1 Å². The molecule has 1 aliphatic heterocycles. The zero-order chi connectivity index (χ0) is 18.4. The molecule has 0 amide bonds. The summed E-state index contributed by atoms with van der Waals surface area (Å²) in [7, 11) is 0. The van der Waals surface area contributed by atoms with E-state index in [-0.39, 0.29) is 18.4 Å². The number of benzene rings is 2. The Morgan fingerprint density at radius 2 is 1.74 bits per heavy atom. The lowest BCUT2D eigenvalue weighted by molar-refractivity contribution is 0.112. The summed E-state index contributed by atoms with van der Waals surface area (Å²) in [6.07, 6.45) is 3.06. The number of rotatable bonds is 5. The summed E-state index contributed by atoms with van der Waals surface area (Å²) in [5.41, 5.74) is 8.36. The average Bonchev–Trinajstić information content (AvgIpc) is 3.20. The van der Waals surface area contributed by atoms with Crippen LogP contribution in [0.25, 0.3) is 0 Å². The van der Waals surface area contributed by atoms with Crippen molar-refractivity contribution in [2.75, 3.05) is 13.1 Å². The number of aldehydes is 1. The molecular weight excluding hydrogens is 362 g/mol. The number of likely N-dealkylation sites (tertiary alicyclic amines) is 1. The monoisotopic (exact) mass is 385 g/mol. The van der Waals surface area contributed by atoms with Gasteiger partial charge in [-0.25, -0.2) is 5.01 Å². The van der Waals surface area contributed by atoms with Crippen molar-refractivity contribution >= 4 is 30.5 Å². The number of amidine groups is 1. The molecule has 2 aromatic rings. The highest BCUT2D eigenvalue weighted by Crippen LogP contribution is 2.16. The number of guanidine groups is 1. The molecule has 3 N–H and O–H groups in total. The largest absolute Gasteiger partial charge is 0.369 e. The molecule has 1 fully saturated rings. The first kappa shape index (κ1) is 20.5. The predicted molar refractivity (Wildman–Crippen MR) is 110 cm³/mol. The van der Waals surface area contributed by atoms with Crippen molar-refractivity contribution in [3.8, 4) is 0 Å². The summed E-state index contributed by atoms with van der Waals surface area (Å²) in [6, 6.07) is 17.2. The van der Waals surface area contributed by atoms with Gasteiger partial charge in [-0.15, -0.1) is 12.4 Å². The molecule has 0 atom stereocenters. The molecule has 0 bridgehead atoms. The molecule has 0 saturated carbocycles. The Hall–Kier alpha value is -2.86. The molecule has 1 aliphatic rings. The molecule has 0 aromatic heterocycles. The first-order valence-corrected chi connectivity index (χ1v) is 8.72. The van der Waals surface area contributed by atoms with Gasteiger partial charge >= 0.3 is 0 Å². The molecule has 2 aromatic carbocycles. The van der Waals surface area contributed by atoms with Gasteiger partial charge in [-0.3, -0.25) is 10.2 Å². The van der Waals surface area contributed by atoms with Crippen molar-refractivity contribution < 1.29 is 4.79 Å². The normalized spacial score (nSPS) is 13.8. The second-order valence-corrected chi connectivity index (χ2v) is 6.29. The maximum Gasteiger partial charge on any atom is 0.209 e. The van der Waals surface area contributed by atoms with Gasteiger partial charge in [0.15, 0.2) is 5.84 Å². The molecule has 1 heterocycles. The molecule has 7 heteroatoms. The van der Waals surface area contributed by atoms with Crippen molar-refractivity contribution in [2.45, 2.75) is 19.4 Å². The number of carbonyl (C=O) groups excluding carboxylic acids is 1. The lowest BCUT2D eigenvalue weighted by Crippen LogP contribution is -2.37. The third-order valence-corrected chi connectivity index (χ3v) is 4.38. The van der Waals surface area contributed by atoms with E-state index in [9.17, 15) is 4.79 Å². The van der Waals surface area contributed by atoms with E-state index in [0.29, 0.717) is 12.1 Å². The Balaban J connectivity index is 0.00000261. The first-order chi connectivity index (χ1) is 12.7. The fourth-order valence-electron chi connectivity index (χ4n) is 2.99. The van der Waals surface area contributed by atoms with Crippen LogP contribution < -0.4 is 5.73 Å². The third-order valence-electron chi connectivity index (χ3n) is 4.38. The molecule has 1 saturated heterocycles. The van der Waals surface area contributed by atoms with E-state index in [2.05, 4.69) is 4.90 Å². The van der Waals surface area contributed by atoms with Crippen LogP contribution in [0.15, 0.2) is 59.7 Å². The Morgan fingerprint density at radius 1 is 1.11 bits per heavy atom. The molecule has 0 spiro atoms. The molecular formula is C20H24ClN5O. The smallest absolute Gasteiger partial charge is 0.209 e. The average molecular weight is 386 g/mol. The Bertz CT molecular complexity index is 786. The second-order valence-electron chi connectivity index (χ2n) is 6.29. The second kappa shape index (κ2) is 9.73. The quantitative estimate of drug-likeness (QED) is 0.358. The van der Waals surface area contributed by atoms with Crippen LogP contribution in [0.1, 0.15) is 34.3 Å².